The van der Waals surface area contributed by atoms with Gasteiger partial charge in [0, 0.05) is 37.5 Å². The van der Waals surface area contributed by atoms with Gasteiger partial charge < -0.3 is 15.3 Å². The molecular formula is C15H24N2O. The quantitative estimate of drug-likeness (QED) is 0.857. The van der Waals surface area contributed by atoms with E-state index in [1.165, 1.54) is 16.8 Å². The van der Waals surface area contributed by atoms with Crippen LogP contribution in [0.4, 0.5) is 5.69 Å². The number of aryl methyl sites for hydroxylation is 2. The van der Waals surface area contributed by atoms with Gasteiger partial charge in [0.2, 0.25) is 0 Å². The van der Waals surface area contributed by atoms with Crippen molar-refractivity contribution < 1.29 is 5.11 Å². The summed E-state index contributed by atoms with van der Waals surface area (Å²) in [7, 11) is 0. The summed E-state index contributed by atoms with van der Waals surface area (Å²) in [5.41, 5.74) is 3.90. The normalized spacial score (nSPS) is 24.3. The third-order valence-electron chi connectivity index (χ3n) is 3.61. The van der Waals surface area contributed by atoms with Gasteiger partial charge in [-0.2, -0.15) is 0 Å². The van der Waals surface area contributed by atoms with E-state index in [-0.39, 0.29) is 6.61 Å². The van der Waals surface area contributed by atoms with Crippen molar-refractivity contribution in [1.82, 2.24) is 5.32 Å². The molecule has 0 spiro atoms. The Kier molecular flexibility index (Phi) is 4.25. The first-order valence-corrected chi connectivity index (χ1v) is 6.79. The lowest BCUT2D eigenvalue weighted by Crippen LogP contribution is -2.56. The molecule has 2 rings (SSSR count). The number of hydrogen-bond acceptors (Lipinski definition) is 3. The first-order valence-electron chi connectivity index (χ1n) is 6.79. The van der Waals surface area contributed by atoms with Gasteiger partial charge in [-0.3, -0.25) is 0 Å². The molecule has 2 unspecified atom stereocenters. The van der Waals surface area contributed by atoms with E-state index in [9.17, 15) is 5.11 Å². The highest BCUT2D eigenvalue weighted by Crippen LogP contribution is 2.24. The van der Waals surface area contributed by atoms with Gasteiger partial charge in [0.25, 0.3) is 0 Å². The average molecular weight is 248 g/mol. The topological polar surface area (TPSA) is 35.5 Å². The molecule has 2 atom stereocenters. The molecule has 1 aromatic rings. The van der Waals surface area contributed by atoms with Crippen LogP contribution in [0.15, 0.2) is 18.2 Å². The standard InChI is InChI=1S/C15H24N2O/c1-11-6-12(2)8-15(7-11)17-10-13(3)16-9-14(17)4-5-18/h6-8,13-14,16,18H,4-5,9-10H2,1-3H3. The van der Waals surface area contributed by atoms with Gasteiger partial charge in [-0.15, -0.1) is 0 Å². The van der Waals surface area contributed by atoms with Crippen LogP contribution in [0.25, 0.3) is 0 Å². The maximum absolute atomic E-state index is 9.20. The van der Waals surface area contributed by atoms with Gasteiger partial charge in [0.1, 0.15) is 0 Å². The molecule has 0 aromatic heterocycles. The summed E-state index contributed by atoms with van der Waals surface area (Å²) in [6.07, 6.45) is 0.826. The van der Waals surface area contributed by atoms with E-state index in [4.69, 9.17) is 0 Å². The molecule has 0 radical (unpaired) electrons. The summed E-state index contributed by atoms with van der Waals surface area (Å²) in [4.78, 5) is 2.44. The summed E-state index contributed by atoms with van der Waals surface area (Å²) in [5, 5.41) is 12.7. The number of rotatable bonds is 3. The third kappa shape index (κ3) is 3.03. The summed E-state index contributed by atoms with van der Waals surface area (Å²) < 4.78 is 0. The largest absolute Gasteiger partial charge is 0.396 e. The number of nitrogens with zero attached hydrogens (tertiary/aromatic N) is 1. The van der Waals surface area contributed by atoms with Crippen LogP contribution in [-0.4, -0.2) is 36.9 Å². The number of anilines is 1. The van der Waals surface area contributed by atoms with Crippen molar-refractivity contribution in [3.8, 4) is 0 Å². The van der Waals surface area contributed by atoms with Gasteiger partial charge >= 0.3 is 0 Å². The van der Waals surface area contributed by atoms with Crippen molar-refractivity contribution in [2.75, 3.05) is 24.6 Å². The number of aliphatic hydroxyl groups is 1. The zero-order valence-corrected chi connectivity index (χ0v) is 11.6. The monoisotopic (exact) mass is 248 g/mol. The van der Waals surface area contributed by atoms with Crippen LogP contribution in [0.3, 0.4) is 0 Å². The van der Waals surface area contributed by atoms with Crippen molar-refractivity contribution in [3.63, 3.8) is 0 Å². The lowest BCUT2D eigenvalue weighted by Gasteiger charge is -2.41. The minimum Gasteiger partial charge on any atom is -0.396 e. The Morgan fingerprint density at radius 2 is 1.94 bits per heavy atom. The zero-order chi connectivity index (χ0) is 13.1. The molecule has 1 aliphatic rings. The molecule has 1 aromatic carbocycles. The molecule has 3 heteroatoms. The predicted octanol–water partition coefficient (Wildman–Crippen LogP) is 1.85. The summed E-state index contributed by atoms with van der Waals surface area (Å²) in [6, 6.07) is 7.59. The Balaban J connectivity index is 2.25. The Labute approximate surface area is 110 Å². The Bertz CT molecular complexity index is 385. The Morgan fingerprint density at radius 1 is 1.28 bits per heavy atom. The number of benzene rings is 1. The first-order chi connectivity index (χ1) is 8.60. The second-order valence-corrected chi connectivity index (χ2v) is 5.47. The highest BCUT2D eigenvalue weighted by atomic mass is 16.3. The molecule has 3 nitrogen and oxygen atoms in total. The molecule has 1 fully saturated rings. The van der Waals surface area contributed by atoms with Crippen molar-refractivity contribution in [2.45, 2.75) is 39.3 Å². The smallest absolute Gasteiger partial charge is 0.0451 e. The second kappa shape index (κ2) is 5.72. The van der Waals surface area contributed by atoms with E-state index in [2.05, 4.69) is 49.2 Å². The molecule has 1 heterocycles. The van der Waals surface area contributed by atoms with Gasteiger partial charge in [0.05, 0.1) is 0 Å². The second-order valence-electron chi connectivity index (χ2n) is 5.47. The van der Waals surface area contributed by atoms with Gasteiger partial charge in [-0.25, -0.2) is 0 Å². The fraction of sp³-hybridized carbons (Fsp3) is 0.600. The van der Waals surface area contributed by atoms with E-state index in [0.29, 0.717) is 12.1 Å². The Morgan fingerprint density at radius 3 is 2.56 bits per heavy atom. The molecular weight excluding hydrogens is 224 g/mol. The predicted molar refractivity (Wildman–Crippen MR) is 76.2 cm³/mol. The van der Waals surface area contributed by atoms with Crippen LogP contribution in [0, 0.1) is 13.8 Å². The van der Waals surface area contributed by atoms with Crippen LogP contribution >= 0.6 is 0 Å². The van der Waals surface area contributed by atoms with E-state index in [1.54, 1.807) is 0 Å². The molecule has 0 amide bonds. The lowest BCUT2D eigenvalue weighted by atomic mass is 10.0. The minimum atomic E-state index is 0.252. The zero-order valence-electron chi connectivity index (χ0n) is 11.6. The van der Waals surface area contributed by atoms with Crippen LogP contribution in [0.1, 0.15) is 24.5 Å². The van der Waals surface area contributed by atoms with Crippen molar-refractivity contribution in [2.24, 2.45) is 0 Å². The summed E-state index contributed by atoms with van der Waals surface area (Å²) in [5.74, 6) is 0. The van der Waals surface area contributed by atoms with Gasteiger partial charge in [-0.05, 0) is 50.5 Å². The van der Waals surface area contributed by atoms with Crippen LogP contribution < -0.4 is 10.2 Å². The van der Waals surface area contributed by atoms with Gasteiger partial charge in [-0.1, -0.05) is 6.07 Å². The molecule has 1 aliphatic heterocycles. The SMILES string of the molecule is Cc1cc(C)cc(N2CC(C)NCC2CCO)c1. The summed E-state index contributed by atoms with van der Waals surface area (Å²) >= 11 is 0. The molecule has 0 saturated carbocycles. The first kappa shape index (κ1) is 13.4. The van der Waals surface area contributed by atoms with Crippen LogP contribution in [-0.2, 0) is 0 Å². The molecule has 100 valence electrons. The Hall–Kier alpha value is -1.06. The van der Waals surface area contributed by atoms with Gasteiger partial charge in [0.15, 0.2) is 0 Å². The molecule has 0 bridgehead atoms. The fourth-order valence-electron chi connectivity index (χ4n) is 2.80. The van der Waals surface area contributed by atoms with Crippen molar-refractivity contribution in [1.29, 1.82) is 0 Å². The maximum Gasteiger partial charge on any atom is 0.0451 e. The van der Waals surface area contributed by atoms with Crippen LogP contribution in [0.5, 0.6) is 0 Å². The molecule has 1 saturated heterocycles. The van der Waals surface area contributed by atoms with Crippen molar-refractivity contribution >= 4 is 5.69 Å². The fourth-order valence-corrected chi connectivity index (χ4v) is 2.80. The lowest BCUT2D eigenvalue weighted by molar-refractivity contribution is 0.260. The third-order valence-corrected chi connectivity index (χ3v) is 3.61. The highest BCUT2D eigenvalue weighted by Gasteiger charge is 2.25. The number of nitrogens with one attached hydrogen (secondary N) is 1. The highest BCUT2D eigenvalue weighted by molar-refractivity contribution is 5.52. The van der Waals surface area contributed by atoms with E-state index >= 15 is 0 Å². The average Bonchev–Trinajstić information content (AvgIpc) is 2.30. The van der Waals surface area contributed by atoms with E-state index in [1.807, 2.05) is 0 Å². The van der Waals surface area contributed by atoms with E-state index in [0.717, 1.165) is 19.5 Å². The van der Waals surface area contributed by atoms with E-state index < -0.39 is 0 Å². The minimum absolute atomic E-state index is 0.252. The molecule has 2 N–H and O–H groups in total. The number of piperazine rings is 1. The number of aliphatic hydroxyl groups excluding tert-OH is 1. The van der Waals surface area contributed by atoms with Crippen LogP contribution in [0.2, 0.25) is 0 Å². The maximum atomic E-state index is 9.20. The van der Waals surface area contributed by atoms with Crippen molar-refractivity contribution in [3.05, 3.63) is 29.3 Å². The molecule has 0 aliphatic carbocycles. The number of hydrogen-bond donors (Lipinski definition) is 2. The molecule has 18 heavy (non-hydrogen) atoms. The summed E-state index contributed by atoms with van der Waals surface area (Å²) in [6.45, 7) is 8.71.